The van der Waals surface area contributed by atoms with Gasteiger partial charge in [-0.1, -0.05) is 41.9 Å². The molecule has 0 unspecified atom stereocenters. The van der Waals surface area contributed by atoms with E-state index in [1.165, 1.54) is 10.4 Å². The number of hydrogen-bond acceptors (Lipinski definition) is 3. The van der Waals surface area contributed by atoms with Crippen LogP contribution >= 0.6 is 15.9 Å². The number of carbonyl (C=O) groups is 1. The summed E-state index contributed by atoms with van der Waals surface area (Å²) in [6.07, 6.45) is 0.797. The van der Waals surface area contributed by atoms with Crippen molar-refractivity contribution in [2.75, 3.05) is 24.5 Å². The second-order valence-corrected chi connectivity index (χ2v) is 8.95. The lowest BCUT2D eigenvalue weighted by molar-refractivity contribution is 0.0989. The number of carbonyl (C=O) groups excluding carboxylic acids is 1. The van der Waals surface area contributed by atoms with Crippen LogP contribution in [0, 0.1) is 0 Å². The van der Waals surface area contributed by atoms with E-state index in [2.05, 4.69) is 15.9 Å². The summed E-state index contributed by atoms with van der Waals surface area (Å²) < 4.78 is 27.8. The number of anilines is 1. The molecule has 5 nitrogen and oxygen atoms in total. The molecule has 1 aliphatic rings. The lowest BCUT2D eigenvalue weighted by Gasteiger charge is -2.20. The van der Waals surface area contributed by atoms with Gasteiger partial charge in [0, 0.05) is 35.4 Å². The number of halogens is 1. The Labute approximate surface area is 162 Å². The van der Waals surface area contributed by atoms with Crippen molar-refractivity contribution in [2.24, 2.45) is 0 Å². The SMILES string of the molecule is CCN(CC)S(=O)(=O)c1cccc(C(=O)N2CCc3ccc(Br)cc32)c1. The van der Waals surface area contributed by atoms with Gasteiger partial charge in [0.2, 0.25) is 10.0 Å². The maximum atomic E-state index is 13.0. The summed E-state index contributed by atoms with van der Waals surface area (Å²) in [7, 11) is -3.59. The molecule has 26 heavy (non-hydrogen) atoms. The van der Waals surface area contributed by atoms with Crippen LogP contribution in [0.4, 0.5) is 5.69 Å². The molecule has 0 radical (unpaired) electrons. The van der Waals surface area contributed by atoms with E-state index in [4.69, 9.17) is 0 Å². The molecule has 0 aliphatic carbocycles. The van der Waals surface area contributed by atoms with Crippen molar-refractivity contribution in [3.05, 3.63) is 58.1 Å². The third kappa shape index (κ3) is 3.43. The summed E-state index contributed by atoms with van der Waals surface area (Å²) in [4.78, 5) is 14.9. The van der Waals surface area contributed by atoms with Gasteiger partial charge in [-0.15, -0.1) is 0 Å². The zero-order valence-electron chi connectivity index (χ0n) is 14.8. The molecule has 1 heterocycles. The van der Waals surface area contributed by atoms with E-state index in [1.807, 2.05) is 18.2 Å². The molecule has 1 amide bonds. The highest BCUT2D eigenvalue weighted by molar-refractivity contribution is 9.10. The number of nitrogens with zero attached hydrogens (tertiary/aromatic N) is 2. The molecule has 3 rings (SSSR count). The second kappa shape index (κ2) is 7.50. The molecular weight excluding hydrogens is 416 g/mol. The Bertz CT molecular complexity index is 940. The van der Waals surface area contributed by atoms with E-state index >= 15 is 0 Å². The van der Waals surface area contributed by atoms with Crippen LogP contribution in [0.2, 0.25) is 0 Å². The second-order valence-electron chi connectivity index (χ2n) is 6.10. The van der Waals surface area contributed by atoms with Gasteiger partial charge >= 0.3 is 0 Å². The fourth-order valence-electron chi connectivity index (χ4n) is 3.22. The lowest BCUT2D eigenvalue weighted by Crippen LogP contribution is -2.31. The minimum absolute atomic E-state index is 0.153. The van der Waals surface area contributed by atoms with E-state index in [9.17, 15) is 13.2 Å². The van der Waals surface area contributed by atoms with Gasteiger partial charge < -0.3 is 4.90 Å². The van der Waals surface area contributed by atoms with E-state index in [0.717, 1.165) is 22.1 Å². The van der Waals surface area contributed by atoms with E-state index in [1.54, 1.807) is 36.9 Å². The van der Waals surface area contributed by atoms with Crippen molar-refractivity contribution in [3.63, 3.8) is 0 Å². The van der Waals surface area contributed by atoms with Crippen molar-refractivity contribution in [3.8, 4) is 0 Å². The highest BCUT2D eigenvalue weighted by Crippen LogP contribution is 2.32. The Balaban J connectivity index is 1.95. The van der Waals surface area contributed by atoms with Gasteiger partial charge in [-0.3, -0.25) is 4.79 Å². The normalized spacial score (nSPS) is 13.9. The third-order valence-corrected chi connectivity index (χ3v) is 7.15. The number of hydrogen-bond donors (Lipinski definition) is 0. The number of rotatable bonds is 5. The van der Waals surface area contributed by atoms with Gasteiger partial charge in [-0.05, 0) is 42.3 Å². The molecule has 0 N–H and O–H groups in total. The quantitative estimate of drug-likeness (QED) is 0.717. The summed E-state index contributed by atoms with van der Waals surface area (Å²) in [6.45, 7) is 4.98. The monoisotopic (exact) mass is 436 g/mol. The summed E-state index contributed by atoms with van der Waals surface area (Å²) in [6, 6.07) is 12.2. The van der Waals surface area contributed by atoms with Crippen LogP contribution in [-0.4, -0.2) is 38.3 Å². The molecular formula is C19H21BrN2O3S. The van der Waals surface area contributed by atoms with Gasteiger partial charge in [-0.25, -0.2) is 8.42 Å². The Kier molecular flexibility index (Phi) is 5.50. The lowest BCUT2D eigenvalue weighted by atomic mass is 10.1. The van der Waals surface area contributed by atoms with Gasteiger partial charge in [0.15, 0.2) is 0 Å². The molecule has 1 aliphatic heterocycles. The molecule has 2 aromatic rings. The molecule has 0 spiro atoms. The number of fused-ring (bicyclic) bond motifs is 1. The molecule has 0 fully saturated rings. The van der Waals surface area contributed by atoms with Crippen molar-refractivity contribution in [1.29, 1.82) is 0 Å². The molecule has 0 saturated carbocycles. The van der Waals surface area contributed by atoms with Gasteiger partial charge in [0.25, 0.3) is 5.91 Å². The molecule has 0 atom stereocenters. The van der Waals surface area contributed by atoms with Crippen LogP contribution in [-0.2, 0) is 16.4 Å². The molecule has 0 aromatic heterocycles. The first-order valence-corrected chi connectivity index (χ1v) is 10.8. The van der Waals surface area contributed by atoms with E-state index < -0.39 is 10.0 Å². The average molecular weight is 437 g/mol. The van der Waals surface area contributed by atoms with Crippen LogP contribution in [0.15, 0.2) is 51.8 Å². The zero-order valence-corrected chi connectivity index (χ0v) is 17.2. The van der Waals surface area contributed by atoms with E-state index in [-0.39, 0.29) is 10.8 Å². The van der Waals surface area contributed by atoms with Crippen LogP contribution in [0.3, 0.4) is 0 Å². The summed E-state index contributed by atoms with van der Waals surface area (Å²) >= 11 is 3.44. The molecule has 0 saturated heterocycles. The third-order valence-electron chi connectivity index (χ3n) is 4.61. The molecule has 0 bridgehead atoms. The predicted molar refractivity (Wildman–Crippen MR) is 106 cm³/mol. The fraction of sp³-hybridized carbons (Fsp3) is 0.316. The topological polar surface area (TPSA) is 57.7 Å². The van der Waals surface area contributed by atoms with Gasteiger partial charge in [0.05, 0.1) is 4.90 Å². The van der Waals surface area contributed by atoms with Crippen LogP contribution in [0.1, 0.15) is 29.8 Å². The van der Waals surface area contributed by atoms with Crippen molar-refractivity contribution >= 4 is 37.5 Å². The van der Waals surface area contributed by atoms with E-state index in [0.29, 0.717) is 25.2 Å². The maximum Gasteiger partial charge on any atom is 0.258 e. The molecule has 2 aromatic carbocycles. The Morgan fingerprint density at radius 3 is 2.58 bits per heavy atom. The van der Waals surface area contributed by atoms with Gasteiger partial charge in [0.1, 0.15) is 0 Å². The highest BCUT2D eigenvalue weighted by Gasteiger charge is 2.27. The Hall–Kier alpha value is -1.70. The predicted octanol–water partition coefficient (Wildman–Crippen LogP) is 3.68. The number of sulfonamides is 1. The smallest absolute Gasteiger partial charge is 0.258 e. The van der Waals surface area contributed by atoms with Gasteiger partial charge in [-0.2, -0.15) is 4.31 Å². The fourth-order valence-corrected chi connectivity index (χ4v) is 5.07. The first kappa shape index (κ1) is 19.1. The molecule has 7 heteroatoms. The first-order valence-electron chi connectivity index (χ1n) is 8.59. The van der Waals surface area contributed by atoms with Crippen molar-refractivity contribution in [2.45, 2.75) is 25.2 Å². The van der Waals surface area contributed by atoms with Crippen molar-refractivity contribution < 1.29 is 13.2 Å². The Morgan fingerprint density at radius 1 is 1.15 bits per heavy atom. The number of benzene rings is 2. The average Bonchev–Trinajstić information content (AvgIpc) is 3.05. The zero-order chi connectivity index (χ0) is 18.9. The summed E-state index contributed by atoms with van der Waals surface area (Å²) in [5.41, 5.74) is 2.38. The first-order chi connectivity index (χ1) is 12.4. The maximum absolute atomic E-state index is 13.0. The highest BCUT2D eigenvalue weighted by atomic mass is 79.9. The largest absolute Gasteiger partial charge is 0.308 e. The number of amides is 1. The van der Waals surface area contributed by atoms with Crippen LogP contribution < -0.4 is 4.90 Å². The molecule has 138 valence electrons. The van der Waals surface area contributed by atoms with Crippen LogP contribution in [0.5, 0.6) is 0 Å². The van der Waals surface area contributed by atoms with Crippen LogP contribution in [0.25, 0.3) is 0 Å². The minimum atomic E-state index is -3.59. The van der Waals surface area contributed by atoms with Crippen molar-refractivity contribution in [1.82, 2.24) is 4.31 Å². The standard InChI is InChI=1S/C19H21BrN2O3S/c1-3-21(4-2)26(24,25)17-7-5-6-15(12-17)19(23)22-11-10-14-8-9-16(20)13-18(14)22/h5-9,12-13H,3-4,10-11H2,1-2H3. The Morgan fingerprint density at radius 2 is 1.88 bits per heavy atom. The minimum Gasteiger partial charge on any atom is -0.308 e. The summed E-state index contributed by atoms with van der Waals surface area (Å²) in [5.74, 6) is -0.182. The summed E-state index contributed by atoms with van der Waals surface area (Å²) in [5, 5.41) is 0.